The van der Waals surface area contributed by atoms with Crippen LogP contribution in [0.15, 0.2) is 22.1 Å². The Bertz CT molecular complexity index is 532. The summed E-state index contributed by atoms with van der Waals surface area (Å²) >= 11 is 5.21. The van der Waals surface area contributed by atoms with Gasteiger partial charge in [0.05, 0.1) is 10.6 Å². The van der Waals surface area contributed by atoms with Gasteiger partial charge in [0.1, 0.15) is 10.4 Å². The van der Waals surface area contributed by atoms with Gasteiger partial charge in [-0.05, 0) is 58.8 Å². The predicted molar refractivity (Wildman–Crippen MR) is 69.8 cm³/mol. The molecule has 16 heavy (non-hydrogen) atoms. The molecule has 2 heterocycles. The fourth-order valence-electron chi connectivity index (χ4n) is 1.71. The summed E-state index contributed by atoms with van der Waals surface area (Å²) in [6.45, 7) is 2.12. The van der Waals surface area contributed by atoms with Gasteiger partial charge in [0.2, 0.25) is 0 Å². The molecule has 0 saturated heterocycles. The average Bonchev–Trinajstić information content (AvgIpc) is 3.01. The molecule has 0 radical (unpaired) electrons. The van der Waals surface area contributed by atoms with E-state index in [1.807, 2.05) is 6.07 Å². The normalized spacial score (nSPS) is 15.4. The van der Waals surface area contributed by atoms with E-state index < -0.39 is 0 Å². The van der Waals surface area contributed by atoms with Crippen molar-refractivity contribution in [3.8, 4) is 10.6 Å². The summed E-state index contributed by atoms with van der Waals surface area (Å²) in [6, 6.07) is 4.14. The van der Waals surface area contributed by atoms with Gasteiger partial charge in [-0.3, -0.25) is 0 Å². The van der Waals surface area contributed by atoms with E-state index in [1.165, 1.54) is 23.3 Å². The Kier molecular flexibility index (Phi) is 2.56. The minimum absolute atomic E-state index is 0.594. The van der Waals surface area contributed by atoms with Crippen LogP contribution in [-0.4, -0.2) is 9.97 Å². The molecule has 0 unspecified atom stereocenters. The van der Waals surface area contributed by atoms with Gasteiger partial charge in [-0.2, -0.15) is 0 Å². The molecule has 1 fully saturated rings. The van der Waals surface area contributed by atoms with Crippen molar-refractivity contribution in [1.29, 1.82) is 0 Å². The van der Waals surface area contributed by atoms with E-state index >= 15 is 0 Å². The van der Waals surface area contributed by atoms with Crippen molar-refractivity contribution in [3.05, 3.63) is 33.5 Å². The van der Waals surface area contributed by atoms with Crippen LogP contribution in [0.4, 0.5) is 0 Å². The molecule has 3 rings (SSSR count). The number of hydrogen-bond acceptors (Lipinski definition) is 3. The molecule has 0 spiro atoms. The van der Waals surface area contributed by atoms with Gasteiger partial charge in [-0.25, -0.2) is 9.97 Å². The second-order valence-electron chi connectivity index (χ2n) is 4.14. The van der Waals surface area contributed by atoms with Gasteiger partial charge in [0.15, 0.2) is 0 Å². The van der Waals surface area contributed by atoms with E-state index in [0.717, 1.165) is 16.1 Å². The molecule has 2 nitrogen and oxygen atoms in total. The third-order valence-electron chi connectivity index (χ3n) is 2.75. The van der Waals surface area contributed by atoms with Crippen LogP contribution in [0.25, 0.3) is 10.6 Å². The maximum atomic E-state index is 4.67. The second kappa shape index (κ2) is 3.93. The molecule has 2 aromatic heterocycles. The number of nitrogens with zero attached hydrogens (tertiary/aromatic N) is 2. The third-order valence-corrected chi connectivity index (χ3v) is 4.19. The minimum Gasteiger partial charge on any atom is -0.232 e. The van der Waals surface area contributed by atoms with Crippen molar-refractivity contribution in [2.24, 2.45) is 0 Å². The first-order valence-electron chi connectivity index (χ1n) is 5.33. The lowest BCUT2D eigenvalue weighted by atomic mass is 10.2. The fourth-order valence-corrected chi connectivity index (χ4v) is 3.00. The zero-order valence-corrected chi connectivity index (χ0v) is 11.3. The summed E-state index contributed by atoms with van der Waals surface area (Å²) in [5, 5.41) is 2.11. The van der Waals surface area contributed by atoms with E-state index in [4.69, 9.17) is 0 Å². The van der Waals surface area contributed by atoms with Gasteiger partial charge in [-0.15, -0.1) is 11.3 Å². The summed E-state index contributed by atoms with van der Waals surface area (Å²) in [5.74, 6) is 1.59. The van der Waals surface area contributed by atoms with Crippen molar-refractivity contribution < 1.29 is 0 Å². The van der Waals surface area contributed by atoms with Crippen LogP contribution >= 0.6 is 27.3 Å². The monoisotopic (exact) mass is 294 g/mol. The third kappa shape index (κ3) is 1.92. The van der Waals surface area contributed by atoms with Crippen molar-refractivity contribution in [2.75, 3.05) is 0 Å². The van der Waals surface area contributed by atoms with Crippen LogP contribution < -0.4 is 0 Å². The number of aryl methyl sites for hydroxylation is 1. The molecule has 0 aromatic carbocycles. The van der Waals surface area contributed by atoms with Crippen LogP contribution in [0.5, 0.6) is 0 Å². The quantitative estimate of drug-likeness (QED) is 0.778. The Morgan fingerprint density at radius 3 is 2.81 bits per heavy atom. The Balaban J connectivity index is 2.10. The summed E-state index contributed by atoms with van der Waals surface area (Å²) in [6.07, 6.45) is 2.47. The summed E-state index contributed by atoms with van der Waals surface area (Å²) in [5.41, 5.74) is 2.34. The van der Waals surface area contributed by atoms with E-state index in [-0.39, 0.29) is 0 Å². The van der Waals surface area contributed by atoms with Crippen molar-refractivity contribution >= 4 is 27.3 Å². The molecule has 4 heteroatoms. The number of aromatic nitrogens is 2. The SMILES string of the molecule is Cc1ccsc1-c1cc(Br)nc(C2CC2)n1. The van der Waals surface area contributed by atoms with Crippen molar-refractivity contribution in [2.45, 2.75) is 25.7 Å². The molecule has 82 valence electrons. The highest BCUT2D eigenvalue weighted by Gasteiger charge is 2.27. The van der Waals surface area contributed by atoms with Crippen LogP contribution in [0.2, 0.25) is 0 Å². The summed E-state index contributed by atoms with van der Waals surface area (Å²) < 4.78 is 0.896. The molecular formula is C12H11BrN2S. The highest BCUT2D eigenvalue weighted by Crippen LogP contribution is 2.39. The minimum atomic E-state index is 0.594. The number of thiophene rings is 1. The van der Waals surface area contributed by atoms with Gasteiger partial charge in [0.25, 0.3) is 0 Å². The molecule has 1 saturated carbocycles. The number of rotatable bonds is 2. The van der Waals surface area contributed by atoms with E-state index in [2.05, 4.69) is 44.3 Å². The van der Waals surface area contributed by atoms with E-state index in [9.17, 15) is 0 Å². The summed E-state index contributed by atoms with van der Waals surface area (Å²) in [4.78, 5) is 10.4. The Hall–Kier alpha value is -0.740. The Morgan fingerprint density at radius 1 is 1.38 bits per heavy atom. The molecule has 0 bridgehead atoms. The highest BCUT2D eigenvalue weighted by molar-refractivity contribution is 9.10. The lowest BCUT2D eigenvalue weighted by molar-refractivity contribution is 0.920. The zero-order valence-electron chi connectivity index (χ0n) is 8.90. The summed E-state index contributed by atoms with van der Waals surface area (Å²) in [7, 11) is 0. The van der Waals surface area contributed by atoms with Crippen LogP contribution in [-0.2, 0) is 0 Å². The van der Waals surface area contributed by atoms with Gasteiger partial charge < -0.3 is 0 Å². The maximum absolute atomic E-state index is 4.67. The number of halogens is 1. The average molecular weight is 295 g/mol. The molecule has 0 amide bonds. The Morgan fingerprint density at radius 2 is 2.19 bits per heavy atom. The van der Waals surface area contributed by atoms with Gasteiger partial charge in [0, 0.05) is 5.92 Å². The molecule has 0 aliphatic heterocycles. The zero-order chi connectivity index (χ0) is 11.1. The van der Waals surface area contributed by atoms with Crippen LogP contribution in [0, 0.1) is 6.92 Å². The lowest BCUT2D eigenvalue weighted by Crippen LogP contribution is -1.95. The highest BCUT2D eigenvalue weighted by atomic mass is 79.9. The number of hydrogen-bond donors (Lipinski definition) is 0. The van der Waals surface area contributed by atoms with Crippen LogP contribution in [0.1, 0.15) is 30.1 Å². The first-order chi connectivity index (χ1) is 7.74. The molecule has 0 N–H and O–H groups in total. The van der Waals surface area contributed by atoms with Crippen molar-refractivity contribution in [3.63, 3.8) is 0 Å². The molecule has 0 atom stereocenters. The topological polar surface area (TPSA) is 25.8 Å². The van der Waals surface area contributed by atoms with E-state index in [1.54, 1.807) is 11.3 Å². The molecular weight excluding hydrogens is 284 g/mol. The second-order valence-corrected chi connectivity index (χ2v) is 5.87. The lowest BCUT2D eigenvalue weighted by Gasteiger charge is -2.03. The predicted octanol–water partition coefficient (Wildman–Crippen LogP) is 4.15. The first kappa shape index (κ1) is 10.4. The van der Waals surface area contributed by atoms with Crippen molar-refractivity contribution in [1.82, 2.24) is 9.97 Å². The fraction of sp³-hybridized carbons (Fsp3) is 0.333. The molecule has 2 aromatic rings. The molecule has 1 aliphatic rings. The molecule has 1 aliphatic carbocycles. The van der Waals surface area contributed by atoms with E-state index in [0.29, 0.717) is 5.92 Å². The standard InChI is InChI=1S/C12H11BrN2S/c1-7-4-5-16-11(7)9-6-10(13)15-12(14-9)8-2-3-8/h4-6,8H,2-3H2,1H3. The Labute approximate surface area is 107 Å². The van der Waals surface area contributed by atoms with Gasteiger partial charge in [-0.1, -0.05) is 0 Å². The van der Waals surface area contributed by atoms with Crippen LogP contribution in [0.3, 0.4) is 0 Å². The largest absolute Gasteiger partial charge is 0.232 e. The van der Waals surface area contributed by atoms with Gasteiger partial charge >= 0.3 is 0 Å². The maximum Gasteiger partial charge on any atom is 0.133 e. The first-order valence-corrected chi connectivity index (χ1v) is 7.00. The smallest absolute Gasteiger partial charge is 0.133 e.